The van der Waals surface area contributed by atoms with E-state index in [1.54, 1.807) is 0 Å². The topological polar surface area (TPSA) is 17.1 Å². The minimum atomic E-state index is 0. The minimum absolute atomic E-state index is 0. The first-order valence-electron chi connectivity index (χ1n) is 0.183. The predicted octanol–water partition coefficient (Wildman–Crippen LogP) is -1.04. The molecule has 0 bridgehead atoms. The fourth-order valence-corrected chi connectivity index (χ4v) is 0. The Bertz CT molecular complexity index is 11.6. The van der Waals surface area contributed by atoms with E-state index < -0.39 is 0 Å². The zero-order valence-electron chi connectivity index (χ0n) is 1.93. The first kappa shape index (κ1) is 22.7. The van der Waals surface area contributed by atoms with Crippen molar-refractivity contribution in [1.82, 2.24) is 0 Å². The average Bonchev–Trinajstić information content (AvgIpc) is 1.00. The number of rotatable bonds is 0. The molecule has 0 aliphatic rings. The van der Waals surface area contributed by atoms with E-state index in [9.17, 15) is 0 Å². The standard InChI is InChI=1S/Ce.Nb.O.Sr.Y.2H. The van der Waals surface area contributed by atoms with E-state index in [1.807, 2.05) is 0 Å². The van der Waals surface area contributed by atoms with E-state index in [0.29, 0.717) is 21.0 Å². The molecule has 0 rings (SSSR count). The third kappa shape index (κ3) is 17.7. The van der Waals surface area contributed by atoms with Gasteiger partial charge in [0.2, 0.25) is 0 Å². The second kappa shape index (κ2) is 23.6. The summed E-state index contributed by atoms with van der Waals surface area (Å²) in [5, 5.41) is 0. The third-order valence-electron chi connectivity index (χ3n) is 0. The summed E-state index contributed by atoms with van der Waals surface area (Å²) < 4.78 is 8.30. The maximum atomic E-state index is 8.30. The molecule has 0 atom stereocenters. The Balaban J connectivity index is -0.00000000167. The fraction of sp³-hybridized carbons (Fsp3) is 0. The van der Waals surface area contributed by atoms with Crippen LogP contribution in [0.3, 0.4) is 0 Å². The molecule has 22 valence electrons. The van der Waals surface area contributed by atoms with Crippen LogP contribution in [0, 0.1) is 41.7 Å². The van der Waals surface area contributed by atoms with Crippen molar-refractivity contribution < 1.29 is 98.7 Å². The molecule has 0 aromatic heterocycles. The molecule has 0 unspecified atom stereocenters. The molecule has 1 nitrogen and oxygen atoms in total. The van der Waals surface area contributed by atoms with Gasteiger partial charge in [0, 0.05) is 74.5 Å². The van der Waals surface area contributed by atoms with E-state index >= 15 is 0 Å². The van der Waals surface area contributed by atoms with Gasteiger partial charge in [0.25, 0.3) is 0 Å². The minimum Gasteiger partial charge on any atom is 0 e. The summed E-state index contributed by atoms with van der Waals surface area (Å²) in [4.78, 5) is 0. The van der Waals surface area contributed by atoms with Crippen LogP contribution in [0.4, 0.5) is 0 Å². The number of hydrogen-bond acceptors (Lipinski definition) is 1. The molecule has 0 aromatic rings. The van der Waals surface area contributed by atoms with Crippen LogP contribution < -0.4 is 0 Å². The van der Waals surface area contributed by atoms with E-state index in [-0.39, 0.29) is 120 Å². The molecule has 5 heavy (non-hydrogen) atoms. The van der Waals surface area contributed by atoms with Crippen LogP contribution in [0.15, 0.2) is 0 Å². The first-order valence-corrected chi connectivity index (χ1v) is 1.08. The van der Waals surface area contributed by atoms with Gasteiger partial charge in [0.15, 0.2) is 0 Å². The van der Waals surface area contributed by atoms with Crippen molar-refractivity contribution in [3.63, 3.8) is 0 Å². The van der Waals surface area contributed by atoms with Gasteiger partial charge in [-0.15, -0.1) is 0 Å². The van der Waals surface area contributed by atoms with Crippen molar-refractivity contribution in [2.75, 3.05) is 0 Å². The quantitative estimate of drug-likeness (QED) is 0.452. The predicted molar refractivity (Wildman–Crippen MR) is 9.23 cm³/mol. The summed E-state index contributed by atoms with van der Waals surface area (Å²) in [6, 6.07) is 0. The molecule has 0 aromatic carbocycles. The molecule has 0 amide bonds. The molecule has 0 heterocycles. The number of hydrogen-bond donors (Lipinski definition) is 0. The maximum Gasteiger partial charge on any atom is 0 e. The van der Waals surface area contributed by atoms with Crippen molar-refractivity contribution >= 4 is 45.5 Å². The molecule has 0 aliphatic heterocycles. The van der Waals surface area contributed by atoms with Gasteiger partial charge in [-0.3, -0.25) is 0 Å². The fourth-order valence-electron chi connectivity index (χ4n) is 0. The van der Waals surface area contributed by atoms with E-state index in [2.05, 4.69) is 0 Å². The first-order chi connectivity index (χ1) is 1.00. The van der Waals surface area contributed by atoms with Crippen molar-refractivity contribution in [1.29, 1.82) is 0 Å². The SMILES string of the molecule is [Ce].[O]=[Nb].[SrH2].[Y]. The van der Waals surface area contributed by atoms with Gasteiger partial charge in [0.05, 0.1) is 0 Å². The average molecular weight is 428 g/mol. The summed E-state index contributed by atoms with van der Waals surface area (Å²) in [5.41, 5.74) is 0. The zero-order valence-corrected chi connectivity index (χ0v) is 10.1. The largest absolute Gasteiger partial charge is 0 e. The van der Waals surface area contributed by atoms with Gasteiger partial charge in [-0.2, -0.15) is 0 Å². The Kier molecular flexibility index (Phi) is 107. The second-order valence-electron chi connectivity index (χ2n) is 0. The molecule has 0 fully saturated rings. The van der Waals surface area contributed by atoms with Gasteiger partial charge in [-0.1, -0.05) is 0 Å². The molecule has 0 saturated heterocycles. The van der Waals surface area contributed by atoms with Crippen LogP contribution in [0.2, 0.25) is 0 Å². The normalized spacial score (nSPS) is 0.600. The van der Waals surface area contributed by atoms with Crippen LogP contribution in [0.25, 0.3) is 0 Å². The Labute approximate surface area is 140 Å². The van der Waals surface area contributed by atoms with E-state index in [0.717, 1.165) is 0 Å². The van der Waals surface area contributed by atoms with Gasteiger partial charge in [-0.25, -0.2) is 0 Å². The maximum absolute atomic E-state index is 8.30. The molecule has 5 heteroatoms. The van der Waals surface area contributed by atoms with Crippen molar-refractivity contribution in [2.45, 2.75) is 0 Å². The van der Waals surface area contributed by atoms with Crippen LogP contribution in [0.5, 0.6) is 0 Å². The summed E-state index contributed by atoms with van der Waals surface area (Å²) in [7, 11) is 0. The Morgan fingerprint density at radius 1 is 1.20 bits per heavy atom. The smallest absolute Gasteiger partial charge is 0 e. The van der Waals surface area contributed by atoms with Gasteiger partial charge in [0.1, 0.15) is 0 Å². The zero-order chi connectivity index (χ0) is 2.00. The molecule has 0 N–H and O–H groups in total. The van der Waals surface area contributed by atoms with Gasteiger partial charge in [-0.05, 0) is 0 Å². The van der Waals surface area contributed by atoms with E-state index in [4.69, 9.17) is 3.25 Å². The molecular formula is H2CeNbOSrY. The van der Waals surface area contributed by atoms with Crippen molar-refractivity contribution in [3.8, 4) is 0 Å². The monoisotopic (exact) mass is 428 g/mol. The molecule has 0 aliphatic carbocycles. The summed E-state index contributed by atoms with van der Waals surface area (Å²) in [6.45, 7) is 0. The van der Waals surface area contributed by atoms with Crippen molar-refractivity contribution in [3.05, 3.63) is 0 Å². The molecule has 0 saturated carbocycles. The Morgan fingerprint density at radius 3 is 1.20 bits per heavy atom. The van der Waals surface area contributed by atoms with Crippen LogP contribution in [0.1, 0.15) is 0 Å². The Hall–Kier alpha value is 4.50. The van der Waals surface area contributed by atoms with Crippen molar-refractivity contribution in [2.24, 2.45) is 0 Å². The summed E-state index contributed by atoms with van der Waals surface area (Å²) >= 11 is 0.500. The third-order valence-corrected chi connectivity index (χ3v) is 0. The van der Waals surface area contributed by atoms with Gasteiger partial charge < -0.3 is 0 Å². The Morgan fingerprint density at radius 2 is 1.20 bits per heavy atom. The van der Waals surface area contributed by atoms with Crippen LogP contribution >= 0.6 is 0 Å². The van der Waals surface area contributed by atoms with Crippen LogP contribution in [-0.4, -0.2) is 45.5 Å². The summed E-state index contributed by atoms with van der Waals surface area (Å²) in [6.07, 6.45) is 0. The molecule has 1 radical (unpaired) electrons. The van der Waals surface area contributed by atoms with Crippen LogP contribution in [-0.2, 0) is 57.0 Å². The second-order valence-corrected chi connectivity index (χ2v) is 0. The van der Waals surface area contributed by atoms with E-state index in [1.165, 1.54) is 0 Å². The van der Waals surface area contributed by atoms with Gasteiger partial charge >= 0.3 is 69.8 Å². The molecular weight excluding hydrogens is 426 g/mol. The molecule has 0 spiro atoms. The summed E-state index contributed by atoms with van der Waals surface area (Å²) in [5.74, 6) is 0.